The summed E-state index contributed by atoms with van der Waals surface area (Å²) in [5, 5.41) is 2.77. The van der Waals surface area contributed by atoms with Crippen molar-refractivity contribution in [2.45, 2.75) is 6.54 Å². The molecule has 4 aromatic rings. The van der Waals surface area contributed by atoms with E-state index >= 15 is 0 Å². The summed E-state index contributed by atoms with van der Waals surface area (Å²) in [7, 11) is 3.17. The number of aromatic nitrogens is 3. The zero-order valence-corrected chi connectivity index (χ0v) is 16.5. The molecule has 2 N–H and O–H groups in total. The topological polar surface area (TPSA) is 98.1 Å². The minimum Gasteiger partial charge on any atom is -0.495 e. The normalized spacial score (nSPS) is 10.9. The predicted octanol–water partition coefficient (Wildman–Crippen LogP) is 2.34. The molecule has 0 radical (unpaired) electrons. The number of para-hydroxylation sites is 2. The maximum absolute atomic E-state index is 13.0. The highest BCUT2D eigenvalue weighted by Gasteiger charge is 2.20. The summed E-state index contributed by atoms with van der Waals surface area (Å²) in [4.78, 5) is 41.3. The summed E-state index contributed by atoms with van der Waals surface area (Å²) >= 11 is 0. The van der Waals surface area contributed by atoms with Gasteiger partial charge < -0.3 is 19.6 Å². The van der Waals surface area contributed by atoms with Gasteiger partial charge in [-0.1, -0.05) is 42.5 Å². The molecule has 2 aromatic heterocycles. The third-order valence-electron chi connectivity index (χ3n) is 4.89. The van der Waals surface area contributed by atoms with E-state index in [1.165, 1.54) is 13.3 Å². The first-order chi connectivity index (χ1) is 14.5. The minimum atomic E-state index is -0.575. The lowest BCUT2D eigenvalue weighted by Crippen LogP contribution is -2.36. The summed E-state index contributed by atoms with van der Waals surface area (Å²) in [6.45, 7) is 0.138. The molecule has 0 spiro atoms. The number of hydrogen-bond donors (Lipinski definition) is 2. The van der Waals surface area contributed by atoms with Crippen LogP contribution in [0.15, 0.2) is 70.4 Å². The molecular formula is C22H20N4O4. The molecule has 30 heavy (non-hydrogen) atoms. The molecule has 0 saturated carbocycles. The first-order valence-electron chi connectivity index (χ1n) is 9.30. The van der Waals surface area contributed by atoms with Gasteiger partial charge in [-0.15, -0.1) is 0 Å². The number of nitrogens with zero attached hydrogens (tertiary/aromatic N) is 2. The fraction of sp³-hybridized carbons (Fsp3) is 0.136. The lowest BCUT2D eigenvalue weighted by molar-refractivity contribution is 0.102. The smallest absolute Gasteiger partial charge is 0.329 e. The van der Waals surface area contributed by atoms with Crippen LogP contribution in [0, 0.1) is 0 Å². The second-order valence-corrected chi connectivity index (χ2v) is 6.84. The molecule has 2 heterocycles. The van der Waals surface area contributed by atoms with Gasteiger partial charge in [0, 0.05) is 13.2 Å². The number of methoxy groups -OCH3 is 1. The molecule has 0 aliphatic rings. The Morgan fingerprint density at radius 1 is 1.07 bits per heavy atom. The van der Waals surface area contributed by atoms with Crippen molar-refractivity contribution in [1.82, 2.24) is 14.1 Å². The van der Waals surface area contributed by atoms with Gasteiger partial charge in [0.05, 0.1) is 30.4 Å². The van der Waals surface area contributed by atoms with Crippen molar-refractivity contribution in [1.29, 1.82) is 0 Å². The Kier molecular flexibility index (Phi) is 4.97. The van der Waals surface area contributed by atoms with Crippen LogP contribution in [0.3, 0.4) is 0 Å². The van der Waals surface area contributed by atoms with E-state index in [0.29, 0.717) is 11.4 Å². The zero-order chi connectivity index (χ0) is 21.3. The summed E-state index contributed by atoms with van der Waals surface area (Å²) in [6, 6.07) is 16.2. The number of fused-ring (bicyclic) bond motifs is 1. The number of ether oxygens (including phenoxy) is 1. The molecule has 0 bridgehead atoms. The molecule has 152 valence electrons. The lowest BCUT2D eigenvalue weighted by atomic mass is 10.2. The molecule has 0 aliphatic heterocycles. The zero-order valence-electron chi connectivity index (χ0n) is 16.5. The molecule has 0 aliphatic carbocycles. The van der Waals surface area contributed by atoms with Crippen LogP contribution < -0.4 is 21.3 Å². The lowest BCUT2D eigenvalue weighted by Gasteiger charge is -2.09. The van der Waals surface area contributed by atoms with Crippen LogP contribution >= 0.6 is 0 Å². The molecule has 8 nitrogen and oxygen atoms in total. The number of carbonyl (C=O) groups excluding carboxylic acids is 1. The maximum Gasteiger partial charge on any atom is 0.329 e. The van der Waals surface area contributed by atoms with Gasteiger partial charge in [-0.3, -0.25) is 14.2 Å². The van der Waals surface area contributed by atoms with E-state index < -0.39 is 17.2 Å². The van der Waals surface area contributed by atoms with Gasteiger partial charge in [-0.25, -0.2) is 4.79 Å². The highest BCUT2D eigenvalue weighted by molar-refractivity contribution is 6.12. The van der Waals surface area contributed by atoms with Crippen molar-refractivity contribution in [2.75, 3.05) is 12.4 Å². The van der Waals surface area contributed by atoms with Gasteiger partial charge in [0.25, 0.3) is 11.5 Å². The highest BCUT2D eigenvalue weighted by atomic mass is 16.5. The number of hydrogen-bond acceptors (Lipinski definition) is 4. The molecular weight excluding hydrogens is 384 g/mol. The van der Waals surface area contributed by atoms with E-state index in [2.05, 4.69) is 10.3 Å². The number of benzene rings is 2. The number of aryl methyl sites for hydroxylation is 1. The van der Waals surface area contributed by atoms with Gasteiger partial charge in [0.15, 0.2) is 0 Å². The largest absolute Gasteiger partial charge is 0.495 e. The Hall–Kier alpha value is -4.07. The number of nitrogens with one attached hydrogen (secondary N) is 2. The van der Waals surface area contributed by atoms with Crippen LogP contribution in [-0.2, 0) is 13.6 Å². The number of H-pyrrole nitrogens is 1. The number of carbonyl (C=O) groups is 1. The van der Waals surface area contributed by atoms with Crippen molar-refractivity contribution < 1.29 is 9.53 Å². The van der Waals surface area contributed by atoms with Crippen molar-refractivity contribution in [3.05, 3.63) is 92.8 Å². The monoisotopic (exact) mass is 404 g/mol. The molecule has 2 aromatic carbocycles. The number of amides is 1. The van der Waals surface area contributed by atoms with Crippen molar-refractivity contribution in [3.63, 3.8) is 0 Å². The summed E-state index contributed by atoms with van der Waals surface area (Å²) < 4.78 is 7.93. The van der Waals surface area contributed by atoms with Gasteiger partial charge in [0.2, 0.25) is 0 Å². The van der Waals surface area contributed by atoms with E-state index in [4.69, 9.17) is 4.74 Å². The predicted molar refractivity (Wildman–Crippen MR) is 114 cm³/mol. The van der Waals surface area contributed by atoms with E-state index in [9.17, 15) is 14.4 Å². The minimum absolute atomic E-state index is 0.138. The molecule has 0 fully saturated rings. The molecule has 0 unspecified atom stereocenters. The van der Waals surface area contributed by atoms with Crippen molar-refractivity contribution in [2.24, 2.45) is 7.05 Å². The van der Waals surface area contributed by atoms with Gasteiger partial charge in [-0.2, -0.15) is 0 Å². The van der Waals surface area contributed by atoms with E-state index in [-0.39, 0.29) is 23.1 Å². The Balaban J connectivity index is 1.77. The van der Waals surface area contributed by atoms with Crippen LogP contribution in [0.4, 0.5) is 5.69 Å². The molecule has 0 atom stereocenters. The Bertz CT molecular complexity index is 1350. The standard InChI is InChI=1S/C22H20N4O4/c1-25-13-15(20(27)23-16-10-6-7-11-17(16)30-2)18-19(25)21(28)26(22(29)24-18)12-14-8-4-3-5-9-14/h3-11,13H,12H2,1-2H3,(H,23,27)(H,24,29). The third kappa shape index (κ3) is 3.39. The fourth-order valence-corrected chi connectivity index (χ4v) is 3.42. The van der Waals surface area contributed by atoms with Crippen LogP contribution in [-0.4, -0.2) is 27.1 Å². The summed E-state index contributed by atoms with van der Waals surface area (Å²) in [6.07, 6.45) is 1.53. The summed E-state index contributed by atoms with van der Waals surface area (Å²) in [5.41, 5.74) is 0.916. The Morgan fingerprint density at radius 3 is 2.50 bits per heavy atom. The molecule has 8 heteroatoms. The van der Waals surface area contributed by atoms with E-state index in [0.717, 1.165) is 10.1 Å². The fourth-order valence-electron chi connectivity index (χ4n) is 3.42. The second-order valence-electron chi connectivity index (χ2n) is 6.84. The van der Waals surface area contributed by atoms with Crippen LogP contribution in [0.25, 0.3) is 11.0 Å². The average molecular weight is 404 g/mol. The first-order valence-corrected chi connectivity index (χ1v) is 9.30. The van der Waals surface area contributed by atoms with Crippen LogP contribution in [0.2, 0.25) is 0 Å². The number of rotatable bonds is 5. The third-order valence-corrected chi connectivity index (χ3v) is 4.89. The van der Waals surface area contributed by atoms with Crippen LogP contribution in [0.5, 0.6) is 5.75 Å². The van der Waals surface area contributed by atoms with Gasteiger partial charge in [-0.05, 0) is 17.7 Å². The highest BCUT2D eigenvalue weighted by Crippen LogP contribution is 2.24. The Morgan fingerprint density at radius 2 is 1.77 bits per heavy atom. The summed E-state index contributed by atoms with van der Waals surface area (Å²) in [5.74, 6) is 0.0470. The Labute approximate surface area is 171 Å². The van der Waals surface area contributed by atoms with Gasteiger partial charge >= 0.3 is 5.69 Å². The second kappa shape index (κ2) is 7.75. The van der Waals surface area contributed by atoms with Crippen molar-refractivity contribution >= 4 is 22.6 Å². The molecule has 4 rings (SSSR count). The molecule has 0 saturated heterocycles. The van der Waals surface area contributed by atoms with E-state index in [1.807, 2.05) is 30.3 Å². The number of aromatic amines is 1. The number of anilines is 1. The van der Waals surface area contributed by atoms with E-state index in [1.54, 1.807) is 35.9 Å². The SMILES string of the molecule is COc1ccccc1NC(=O)c1cn(C)c2c(=O)n(Cc3ccccc3)c(=O)[nH]c12. The van der Waals surface area contributed by atoms with Crippen LogP contribution in [0.1, 0.15) is 15.9 Å². The quantitative estimate of drug-likeness (QED) is 0.533. The van der Waals surface area contributed by atoms with Gasteiger partial charge in [0.1, 0.15) is 11.3 Å². The average Bonchev–Trinajstić information content (AvgIpc) is 3.08. The first kappa shape index (κ1) is 19.3. The maximum atomic E-state index is 13.0. The molecule has 1 amide bonds. The van der Waals surface area contributed by atoms with Crippen molar-refractivity contribution in [3.8, 4) is 5.75 Å².